The van der Waals surface area contributed by atoms with E-state index in [-0.39, 0.29) is 50.3 Å². The van der Waals surface area contributed by atoms with Crippen LogP contribution >= 0.6 is 0 Å². The second kappa shape index (κ2) is 13.1. The Hall–Kier alpha value is -3.91. The highest BCUT2D eigenvalue weighted by Crippen LogP contribution is 2.33. The van der Waals surface area contributed by atoms with Gasteiger partial charge in [0, 0.05) is 0 Å². The summed E-state index contributed by atoms with van der Waals surface area (Å²) in [4.78, 5) is 35.8. The number of aromatic nitrogens is 4. The Morgan fingerprint density at radius 1 is 1.26 bits per heavy atom. The van der Waals surface area contributed by atoms with Gasteiger partial charge in [0.1, 0.15) is 37.6 Å². The van der Waals surface area contributed by atoms with E-state index in [9.17, 15) is 19.8 Å². The zero-order valence-electron chi connectivity index (χ0n) is 20.1. The summed E-state index contributed by atoms with van der Waals surface area (Å²) in [5, 5.41) is 31.2. The van der Waals surface area contributed by atoms with E-state index in [1.807, 2.05) is 12.1 Å². The summed E-state index contributed by atoms with van der Waals surface area (Å²) in [6.45, 7) is -1.06. The zero-order valence-corrected chi connectivity index (χ0v) is 20.1. The monoisotopic (exact) mass is 530 g/mol. The SMILES string of the molecule is N#CCCOCOCOC1C(O)[C@@H](CO)O[C@H]1n1cnc2c(=O)[nH]c(NC(=O)COc3ccccc3)nc21. The third-order valence-corrected chi connectivity index (χ3v) is 5.44. The molecule has 3 heterocycles. The van der Waals surface area contributed by atoms with Crippen LogP contribution in [0.15, 0.2) is 41.5 Å². The van der Waals surface area contributed by atoms with Crippen molar-refractivity contribution in [3.63, 3.8) is 0 Å². The zero-order chi connectivity index (χ0) is 26.9. The molecule has 15 nitrogen and oxygen atoms in total. The number of imidazole rings is 1. The van der Waals surface area contributed by atoms with E-state index < -0.39 is 42.6 Å². The fourth-order valence-electron chi connectivity index (χ4n) is 3.67. The molecule has 38 heavy (non-hydrogen) atoms. The van der Waals surface area contributed by atoms with E-state index in [1.165, 1.54) is 10.9 Å². The Morgan fingerprint density at radius 3 is 2.84 bits per heavy atom. The topological polar surface area (TPSA) is 203 Å². The lowest BCUT2D eigenvalue weighted by Crippen LogP contribution is -2.36. The van der Waals surface area contributed by atoms with Gasteiger partial charge in [-0.2, -0.15) is 10.2 Å². The Labute approximate surface area is 215 Å². The van der Waals surface area contributed by atoms with Crippen LogP contribution in [0.1, 0.15) is 12.6 Å². The number of amides is 1. The number of H-pyrrole nitrogens is 1. The van der Waals surface area contributed by atoms with Crippen molar-refractivity contribution < 1.29 is 38.7 Å². The number of carbonyl (C=O) groups excluding carboxylic acids is 1. The fraction of sp³-hybridized carbons (Fsp3) is 0.435. The Balaban J connectivity index is 1.47. The van der Waals surface area contributed by atoms with Crippen LogP contribution < -0.4 is 15.6 Å². The standard InChI is InChI=1S/C23H26N6O9/c24-7-4-8-34-12-35-13-37-19-18(32)15(9-30)38-22(19)29-11-25-17-20(29)27-23(28-21(17)33)26-16(31)10-36-14-5-2-1-3-6-14/h1-3,5-6,11,15,18-19,22,30,32H,4,8-10,12-13H2,(H2,26,27,28,31,33)/t15-,18?,19?,22-/m1/s1. The molecule has 15 heteroatoms. The minimum absolute atomic E-state index is 0.0400. The van der Waals surface area contributed by atoms with Gasteiger partial charge < -0.3 is 33.9 Å². The number of benzene rings is 1. The summed E-state index contributed by atoms with van der Waals surface area (Å²) in [6, 6.07) is 10.7. The van der Waals surface area contributed by atoms with Gasteiger partial charge in [-0.3, -0.25) is 24.5 Å². The summed E-state index contributed by atoms with van der Waals surface area (Å²) in [5.74, 6) is -0.221. The van der Waals surface area contributed by atoms with Crippen molar-refractivity contribution in [3.05, 3.63) is 47.0 Å². The Kier molecular flexibility index (Phi) is 9.32. The molecule has 1 saturated heterocycles. The number of carbonyl (C=O) groups is 1. The van der Waals surface area contributed by atoms with E-state index in [2.05, 4.69) is 20.3 Å². The number of nitrogens with one attached hydrogen (secondary N) is 2. The highest BCUT2D eigenvalue weighted by Gasteiger charge is 2.46. The number of para-hydroxylation sites is 1. The van der Waals surface area contributed by atoms with Gasteiger partial charge in [-0.25, -0.2) is 4.98 Å². The average molecular weight is 530 g/mol. The molecule has 4 rings (SSSR count). The average Bonchev–Trinajstić information content (AvgIpc) is 3.48. The fourth-order valence-corrected chi connectivity index (χ4v) is 3.67. The predicted octanol–water partition coefficient (Wildman–Crippen LogP) is -0.365. The number of hydrogen-bond acceptors (Lipinski definition) is 12. The number of nitriles is 1. The summed E-state index contributed by atoms with van der Waals surface area (Å²) in [6.07, 6.45) is -2.85. The lowest BCUT2D eigenvalue weighted by atomic mass is 10.1. The van der Waals surface area contributed by atoms with Gasteiger partial charge >= 0.3 is 0 Å². The highest BCUT2D eigenvalue weighted by atomic mass is 16.7. The van der Waals surface area contributed by atoms with Gasteiger partial charge in [-0.1, -0.05) is 18.2 Å². The van der Waals surface area contributed by atoms with Gasteiger partial charge in [-0.05, 0) is 12.1 Å². The van der Waals surface area contributed by atoms with Crippen molar-refractivity contribution in [2.24, 2.45) is 0 Å². The van der Waals surface area contributed by atoms with Crippen molar-refractivity contribution in [2.45, 2.75) is 31.0 Å². The van der Waals surface area contributed by atoms with Gasteiger partial charge in [0.15, 0.2) is 24.0 Å². The molecule has 1 aliphatic rings. The molecule has 0 aliphatic carbocycles. The molecule has 1 fully saturated rings. The van der Waals surface area contributed by atoms with Crippen LogP contribution in [0.5, 0.6) is 5.75 Å². The van der Waals surface area contributed by atoms with Gasteiger partial charge in [0.2, 0.25) is 5.95 Å². The normalized spacial score (nSPS) is 20.9. The number of nitrogens with zero attached hydrogens (tertiary/aromatic N) is 4. The van der Waals surface area contributed by atoms with Gasteiger partial charge in [0.05, 0.1) is 32.0 Å². The summed E-state index contributed by atoms with van der Waals surface area (Å²) in [7, 11) is 0. The van der Waals surface area contributed by atoms with Crippen molar-refractivity contribution in [2.75, 3.05) is 38.7 Å². The number of aromatic amines is 1. The van der Waals surface area contributed by atoms with E-state index in [1.54, 1.807) is 24.3 Å². The lowest BCUT2D eigenvalue weighted by molar-refractivity contribution is -0.174. The Morgan fingerprint density at radius 2 is 2.08 bits per heavy atom. The largest absolute Gasteiger partial charge is 0.484 e. The number of ether oxygens (including phenoxy) is 5. The smallest absolute Gasteiger partial charge is 0.280 e. The predicted molar refractivity (Wildman–Crippen MR) is 128 cm³/mol. The first-order valence-electron chi connectivity index (χ1n) is 11.5. The minimum atomic E-state index is -1.25. The third kappa shape index (κ3) is 6.50. The number of aliphatic hydroxyl groups is 2. The summed E-state index contributed by atoms with van der Waals surface area (Å²) >= 11 is 0. The van der Waals surface area contributed by atoms with Crippen molar-refractivity contribution in [3.8, 4) is 11.8 Å². The molecule has 0 spiro atoms. The van der Waals surface area contributed by atoms with Crippen LogP contribution in [-0.4, -0.2) is 87.4 Å². The lowest BCUT2D eigenvalue weighted by Gasteiger charge is -2.22. The number of hydrogen-bond donors (Lipinski definition) is 4. The van der Waals surface area contributed by atoms with Crippen LogP contribution in [0.4, 0.5) is 5.95 Å². The van der Waals surface area contributed by atoms with E-state index >= 15 is 0 Å². The van der Waals surface area contributed by atoms with E-state index in [0.717, 1.165) is 0 Å². The summed E-state index contributed by atoms with van der Waals surface area (Å²) in [5.41, 5.74) is -0.631. The van der Waals surface area contributed by atoms with E-state index in [4.69, 9.17) is 28.9 Å². The molecular weight excluding hydrogens is 504 g/mol. The maximum absolute atomic E-state index is 12.6. The third-order valence-electron chi connectivity index (χ3n) is 5.44. The minimum Gasteiger partial charge on any atom is -0.484 e. The molecule has 4 N–H and O–H groups in total. The van der Waals surface area contributed by atoms with Gasteiger partial charge in [-0.15, -0.1) is 0 Å². The molecule has 2 unspecified atom stereocenters. The second-order valence-electron chi connectivity index (χ2n) is 8.01. The van der Waals surface area contributed by atoms with Crippen molar-refractivity contribution in [1.29, 1.82) is 5.26 Å². The van der Waals surface area contributed by atoms with E-state index in [0.29, 0.717) is 5.75 Å². The first kappa shape index (κ1) is 27.1. The number of anilines is 1. The molecule has 2 aromatic heterocycles. The maximum atomic E-state index is 12.6. The number of fused-ring (bicyclic) bond motifs is 1. The molecule has 0 radical (unpaired) electrons. The second-order valence-corrected chi connectivity index (χ2v) is 8.01. The molecule has 1 amide bonds. The molecule has 3 aromatic rings. The number of aliphatic hydroxyl groups excluding tert-OH is 2. The Bertz CT molecular complexity index is 1310. The molecule has 202 valence electrons. The van der Waals surface area contributed by atoms with Crippen LogP contribution in [0.3, 0.4) is 0 Å². The first-order chi connectivity index (χ1) is 18.5. The van der Waals surface area contributed by atoms with Crippen LogP contribution in [0, 0.1) is 11.3 Å². The van der Waals surface area contributed by atoms with Crippen molar-refractivity contribution >= 4 is 23.0 Å². The molecule has 0 bridgehead atoms. The molecule has 1 aromatic carbocycles. The van der Waals surface area contributed by atoms with Crippen LogP contribution in [0.25, 0.3) is 11.2 Å². The molecule has 4 atom stereocenters. The maximum Gasteiger partial charge on any atom is 0.280 e. The molecular formula is C23H26N6O9. The van der Waals surface area contributed by atoms with Crippen LogP contribution in [-0.2, 0) is 23.7 Å². The van der Waals surface area contributed by atoms with Crippen molar-refractivity contribution in [1.82, 2.24) is 19.5 Å². The van der Waals surface area contributed by atoms with Crippen LogP contribution in [0.2, 0.25) is 0 Å². The first-order valence-corrected chi connectivity index (χ1v) is 11.5. The quantitative estimate of drug-likeness (QED) is 0.165. The summed E-state index contributed by atoms with van der Waals surface area (Å²) < 4.78 is 28.5. The molecule has 1 aliphatic heterocycles. The number of rotatable bonds is 13. The highest BCUT2D eigenvalue weighted by molar-refractivity contribution is 5.90. The van der Waals surface area contributed by atoms with Gasteiger partial charge in [0.25, 0.3) is 11.5 Å². The molecule has 0 saturated carbocycles.